The van der Waals surface area contributed by atoms with Crippen LogP contribution in [-0.4, -0.2) is 86.6 Å². The van der Waals surface area contributed by atoms with Gasteiger partial charge in [-0.25, -0.2) is 0 Å². The second-order valence-electron chi connectivity index (χ2n) is 9.26. The Balaban J connectivity index is 1.07. The second-order valence-corrected chi connectivity index (χ2v) is 9.26. The molecule has 0 radical (unpaired) electrons. The van der Waals surface area contributed by atoms with E-state index in [4.69, 9.17) is 4.74 Å². The molecule has 2 aliphatic heterocycles. The number of benzene rings is 3. The number of hydrogen-bond acceptors (Lipinski definition) is 5. The molecule has 0 spiro atoms. The Bertz CT molecular complexity index is 1100. The highest BCUT2D eigenvalue weighted by atomic mass is 16.5. The van der Waals surface area contributed by atoms with Gasteiger partial charge in [0, 0.05) is 64.6 Å². The first-order valence-corrected chi connectivity index (χ1v) is 12.3. The van der Waals surface area contributed by atoms with Crippen molar-refractivity contribution in [3.05, 3.63) is 72.3 Å². The number of anilines is 1. The normalized spacial score (nSPS) is 17.8. The molecule has 6 heteroatoms. The van der Waals surface area contributed by atoms with Crippen LogP contribution in [0.25, 0.3) is 10.8 Å². The lowest BCUT2D eigenvalue weighted by Crippen LogP contribution is -2.53. The van der Waals surface area contributed by atoms with Gasteiger partial charge in [-0.2, -0.15) is 0 Å². The highest BCUT2D eigenvalue weighted by molar-refractivity contribution is 5.85. The van der Waals surface area contributed by atoms with E-state index in [0.29, 0.717) is 6.54 Å². The van der Waals surface area contributed by atoms with E-state index in [1.165, 1.54) is 22.0 Å². The number of piperazine rings is 2. The van der Waals surface area contributed by atoms with Gasteiger partial charge in [0.2, 0.25) is 5.91 Å². The molecule has 34 heavy (non-hydrogen) atoms. The number of fused-ring (bicyclic) bond motifs is 1. The van der Waals surface area contributed by atoms with Crippen LogP contribution < -0.4 is 9.64 Å². The van der Waals surface area contributed by atoms with E-state index in [2.05, 4.69) is 69.3 Å². The molecule has 5 rings (SSSR count). The molecule has 0 bridgehead atoms. The van der Waals surface area contributed by atoms with Gasteiger partial charge in [-0.15, -0.1) is 0 Å². The van der Waals surface area contributed by atoms with E-state index in [1.54, 1.807) is 7.11 Å². The summed E-state index contributed by atoms with van der Waals surface area (Å²) in [7, 11) is 1.68. The van der Waals surface area contributed by atoms with E-state index in [0.717, 1.165) is 64.7 Å². The number of ether oxygens (including phenoxy) is 1. The fourth-order valence-electron chi connectivity index (χ4n) is 5.08. The summed E-state index contributed by atoms with van der Waals surface area (Å²) in [5.74, 6) is 1.13. The molecular formula is C28H34N4O2. The number of methoxy groups -OCH3 is 1. The quantitative estimate of drug-likeness (QED) is 0.567. The molecule has 2 heterocycles. The topological polar surface area (TPSA) is 39.3 Å². The molecule has 0 aliphatic carbocycles. The number of carbonyl (C=O) groups is 1. The van der Waals surface area contributed by atoms with E-state index in [-0.39, 0.29) is 5.91 Å². The van der Waals surface area contributed by atoms with E-state index in [1.807, 2.05) is 17.0 Å². The van der Waals surface area contributed by atoms with Crippen LogP contribution in [0, 0.1) is 0 Å². The monoisotopic (exact) mass is 458 g/mol. The average Bonchev–Trinajstić information content (AvgIpc) is 2.90. The Labute approximate surface area is 202 Å². The van der Waals surface area contributed by atoms with Gasteiger partial charge in [0.25, 0.3) is 0 Å². The van der Waals surface area contributed by atoms with E-state index < -0.39 is 0 Å². The number of rotatable bonds is 6. The summed E-state index contributed by atoms with van der Waals surface area (Å²) in [4.78, 5) is 22.1. The zero-order valence-corrected chi connectivity index (χ0v) is 20.0. The van der Waals surface area contributed by atoms with Crippen molar-refractivity contribution < 1.29 is 9.53 Å². The van der Waals surface area contributed by atoms with Gasteiger partial charge in [-0.05, 0) is 40.6 Å². The fourth-order valence-corrected chi connectivity index (χ4v) is 5.08. The molecule has 2 fully saturated rings. The summed E-state index contributed by atoms with van der Waals surface area (Å²) in [5, 5.41) is 2.65. The van der Waals surface area contributed by atoms with Crippen molar-refractivity contribution in [1.82, 2.24) is 14.7 Å². The average molecular weight is 459 g/mol. The van der Waals surface area contributed by atoms with Gasteiger partial charge in [0.15, 0.2) is 0 Å². The van der Waals surface area contributed by atoms with E-state index >= 15 is 0 Å². The van der Waals surface area contributed by atoms with Crippen molar-refractivity contribution in [2.75, 3.05) is 70.9 Å². The van der Waals surface area contributed by atoms with Crippen molar-refractivity contribution in [2.45, 2.75) is 6.54 Å². The maximum Gasteiger partial charge on any atom is 0.236 e. The van der Waals surface area contributed by atoms with Crippen molar-refractivity contribution in [3.63, 3.8) is 0 Å². The SMILES string of the molecule is COc1ccc(N2CCN(C(=O)CN3CCN(Cc4cccc5ccccc45)CC3)CC2)cc1. The molecule has 0 atom stereocenters. The number of nitrogens with zero attached hydrogens (tertiary/aromatic N) is 4. The Morgan fingerprint density at radius 2 is 1.44 bits per heavy atom. The van der Waals surface area contributed by atoms with Crippen LogP contribution in [0.5, 0.6) is 5.75 Å². The predicted octanol–water partition coefficient (Wildman–Crippen LogP) is 3.31. The first-order valence-electron chi connectivity index (χ1n) is 12.3. The summed E-state index contributed by atoms with van der Waals surface area (Å²) >= 11 is 0. The van der Waals surface area contributed by atoms with Gasteiger partial charge < -0.3 is 14.5 Å². The molecule has 2 aliphatic rings. The van der Waals surface area contributed by atoms with Crippen molar-refractivity contribution in [1.29, 1.82) is 0 Å². The van der Waals surface area contributed by atoms with Crippen LogP contribution in [0.3, 0.4) is 0 Å². The molecule has 0 saturated carbocycles. The molecule has 3 aromatic carbocycles. The fraction of sp³-hybridized carbons (Fsp3) is 0.393. The van der Waals surface area contributed by atoms with Gasteiger partial charge >= 0.3 is 0 Å². The lowest BCUT2D eigenvalue weighted by molar-refractivity contribution is -0.133. The standard InChI is InChI=1S/C28H34N4O2/c1-34-26-11-9-25(10-12-26)31-17-19-32(20-18-31)28(33)22-30-15-13-29(14-16-30)21-24-7-4-6-23-5-2-3-8-27(23)24/h2-12H,13-22H2,1H3. The van der Waals surface area contributed by atoms with Gasteiger partial charge in [0.05, 0.1) is 13.7 Å². The smallest absolute Gasteiger partial charge is 0.236 e. The number of hydrogen-bond donors (Lipinski definition) is 0. The van der Waals surface area contributed by atoms with Crippen LogP contribution in [-0.2, 0) is 11.3 Å². The molecule has 1 amide bonds. The molecule has 6 nitrogen and oxygen atoms in total. The maximum absolute atomic E-state index is 12.9. The number of amides is 1. The minimum atomic E-state index is 0.261. The Morgan fingerprint density at radius 3 is 2.18 bits per heavy atom. The van der Waals surface area contributed by atoms with Crippen LogP contribution in [0.4, 0.5) is 5.69 Å². The summed E-state index contributed by atoms with van der Waals surface area (Å²) in [6, 6.07) is 23.4. The van der Waals surface area contributed by atoms with Gasteiger partial charge in [0.1, 0.15) is 5.75 Å². The number of carbonyl (C=O) groups excluding carboxylic acids is 1. The highest BCUT2D eigenvalue weighted by Gasteiger charge is 2.25. The molecule has 0 unspecified atom stereocenters. The zero-order chi connectivity index (χ0) is 23.3. The summed E-state index contributed by atoms with van der Waals surface area (Å²) in [6.45, 7) is 8.71. The van der Waals surface area contributed by atoms with Crippen LogP contribution in [0.15, 0.2) is 66.7 Å². The summed E-state index contributed by atoms with van der Waals surface area (Å²) < 4.78 is 5.25. The predicted molar refractivity (Wildman–Crippen MR) is 137 cm³/mol. The molecule has 3 aromatic rings. The van der Waals surface area contributed by atoms with Crippen molar-refractivity contribution >= 4 is 22.4 Å². The Hall–Kier alpha value is -3.09. The van der Waals surface area contributed by atoms with Crippen molar-refractivity contribution in [2.24, 2.45) is 0 Å². The maximum atomic E-state index is 12.9. The molecule has 2 saturated heterocycles. The Morgan fingerprint density at radius 1 is 0.765 bits per heavy atom. The van der Waals surface area contributed by atoms with Crippen LogP contribution in [0.1, 0.15) is 5.56 Å². The van der Waals surface area contributed by atoms with E-state index in [9.17, 15) is 4.79 Å². The third-order valence-corrected chi connectivity index (χ3v) is 7.17. The first-order chi connectivity index (χ1) is 16.7. The third kappa shape index (κ3) is 5.18. The van der Waals surface area contributed by atoms with Gasteiger partial charge in [-0.3, -0.25) is 14.6 Å². The summed E-state index contributed by atoms with van der Waals surface area (Å²) in [6.07, 6.45) is 0. The minimum absolute atomic E-state index is 0.261. The molecular weight excluding hydrogens is 424 g/mol. The van der Waals surface area contributed by atoms with Crippen molar-refractivity contribution in [3.8, 4) is 5.75 Å². The molecule has 178 valence electrons. The largest absolute Gasteiger partial charge is 0.497 e. The second kappa shape index (κ2) is 10.5. The lowest BCUT2D eigenvalue weighted by Gasteiger charge is -2.38. The third-order valence-electron chi connectivity index (χ3n) is 7.17. The van der Waals surface area contributed by atoms with Crippen LogP contribution >= 0.6 is 0 Å². The van der Waals surface area contributed by atoms with Gasteiger partial charge in [-0.1, -0.05) is 42.5 Å². The Kier molecular flexibility index (Phi) is 6.97. The minimum Gasteiger partial charge on any atom is -0.497 e. The summed E-state index contributed by atoms with van der Waals surface area (Å²) in [5.41, 5.74) is 2.58. The zero-order valence-electron chi connectivity index (χ0n) is 20.0. The van der Waals surface area contributed by atoms with Crippen LogP contribution in [0.2, 0.25) is 0 Å². The molecule has 0 aromatic heterocycles. The highest BCUT2D eigenvalue weighted by Crippen LogP contribution is 2.22. The first kappa shape index (κ1) is 22.7. The lowest BCUT2D eigenvalue weighted by atomic mass is 10.0. The molecule has 0 N–H and O–H groups in total.